The zero-order chi connectivity index (χ0) is 21.4. The molecule has 3 aliphatic rings. The molecule has 2 aromatic carbocycles. The van der Waals surface area contributed by atoms with E-state index in [-0.39, 0.29) is 29.9 Å². The number of carbonyl (C=O) groups excluding carboxylic acids is 2. The minimum absolute atomic E-state index is 0.0122. The molecule has 2 fully saturated rings. The summed E-state index contributed by atoms with van der Waals surface area (Å²) in [6.45, 7) is 0.677. The highest BCUT2D eigenvalue weighted by atomic mass is 19.1. The van der Waals surface area contributed by atoms with Gasteiger partial charge in [-0.25, -0.2) is 9.18 Å². The van der Waals surface area contributed by atoms with E-state index in [0.717, 1.165) is 37.8 Å². The van der Waals surface area contributed by atoms with Crippen LogP contribution in [0.2, 0.25) is 0 Å². The second-order valence-corrected chi connectivity index (χ2v) is 8.81. The number of hydrogen-bond donors (Lipinski definition) is 1. The normalized spacial score (nSPS) is 25.8. The lowest BCUT2D eigenvalue weighted by Gasteiger charge is -2.51. The zero-order valence-electron chi connectivity index (χ0n) is 17.5. The molecule has 5 nitrogen and oxygen atoms in total. The number of hydrogen-bond acceptors (Lipinski definition) is 2. The maximum absolute atomic E-state index is 13.8. The minimum Gasteiger partial charge on any atom is -0.335 e. The average Bonchev–Trinajstić information content (AvgIpc) is 2.82. The molecule has 0 bridgehead atoms. The Morgan fingerprint density at radius 2 is 1.87 bits per heavy atom. The summed E-state index contributed by atoms with van der Waals surface area (Å²) in [5.41, 5.74) is 3.25. The van der Waals surface area contributed by atoms with Crippen molar-refractivity contribution in [3.63, 3.8) is 0 Å². The fourth-order valence-corrected chi connectivity index (χ4v) is 5.63. The second-order valence-electron chi connectivity index (χ2n) is 8.81. The molecular weight excluding hydrogens is 393 g/mol. The number of fused-ring (bicyclic) bond motifs is 4. The van der Waals surface area contributed by atoms with Gasteiger partial charge in [-0.2, -0.15) is 0 Å². The molecule has 162 valence electrons. The van der Waals surface area contributed by atoms with Crippen LogP contribution in [0, 0.1) is 5.92 Å². The third kappa shape index (κ3) is 3.58. The van der Waals surface area contributed by atoms with Crippen LogP contribution in [0.15, 0.2) is 54.6 Å². The van der Waals surface area contributed by atoms with Gasteiger partial charge >= 0.3 is 6.03 Å². The summed E-state index contributed by atoms with van der Waals surface area (Å²) in [6, 6.07) is 16.4. The quantitative estimate of drug-likeness (QED) is 0.814. The number of amides is 3. The standard InChI is InChI=1S/C25H28FN3O2/c26-16-21(18-8-2-1-3-9-18)27-25(31)29-13-6-11-20-23(29)15-22-19-10-5-4-7-17(19)12-14-28(22)24(20)30/h1-5,7-10,20-23H,6,11-16H2,(H,27,31)/t20-,21+,22-,23-/m1/s1. The molecule has 3 heterocycles. The predicted molar refractivity (Wildman–Crippen MR) is 116 cm³/mol. The average molecular weight is 422 g/mol. The van der Waals surface area contributed by atoms with Crippen LogP contribution in [0.3, 0.4) is 0 Å². The van der Waals surface area contributed by atoms with Crippen LogP contribution in [-0.4, -0.2) is 47.5 Å². The van der Waals surface area contributed by atoms with Gasteiger partial charge in [-0.15, -0.1) is 0 Å². The van der Waals surface area contributed by atoms with Gasteiger partial charge in [0, 0.05) is 19.1 Å². The molecule has 0 unspecified atom stereocenters. The third-order valence-electron chi connectivity index (χ3n) is 7.17. The van der Waals surface area contributed by atoms with E-state index in [0.29, 0.717) is 6.54 Å². The molecule has 3 aliphatic heterocycles. The van der Waals surface area contributed by atoms with Crippen LogP contribution in [-0.2, 0) is 11.2 Å². The SMILES string of the molecule is O=C1[C@@H]2CCCN(C(=O)N[C@@H](CF)c3ccccc3)[C@@H]2C[C@@H]2c3ccccc3CCN12. The monoisotopic (exact) mass is 421 g/mol. The molecule has 31 heavy (non-hydrogen) atoms. The van der Waals surface area contributed by atoms with Crippen molar-refractivity contribution in [1.82, 2.24) is 15.1 Å². The fourth-order valence-electron chi connectivity index (χ4n) is 5.63. The molecule has 0 saturated carbocycles. The van der Waals surface area contributed by atoms with Crippen molar-refractivity contribution in [2.45, 2.75) is 43.8 Å². The maximum Gasteiger partial charge on any atom is 0.318 e. The first-order chi connectivity index (χ1) is 15.2. The highest BCUT2D eigenvalue weighted by molar-refractivity contribution is 5.83. The summed E-state index contributed by atoms with van der Waals surface area (Å²) in [4.78, 5) is 30.4. The Kier molecular flexibility index (Phi) is 5.38. The molecule has 2 aromatic rings. The van der Waals surface area contributed by atoms with Crippen molar-refractivity contribution < 1.29 is 14.0 Å². The number of likely N-dealkylation sites (tertiary alicyclic amines) is 1. The first kappa shape index (κ1) is 20.0. The van der Waals surface area contributed by atoms with E-state index in [1.165, 1.54) is 11.1 Å². The van der Waals surface area contributed by atoms with Gasteiger partial charge < -0.3 is 15.1 Å². The summed E-state index contributed by atoms with van der Waals surface area (Å²) < 4.78 is 13.8. The number of nitrogens with one attached hydrogen (secondary N) is 1. The van der Waals surface area contributed by atoms with Crippen molar-refractivity contribution in [1.29, 1.82) is 0 Å². The number of carbonyl (C=O) groups is 2. The van der Waals surface area contributed by atoms with Gasteiger partial charge in [-0.3, -0.25) is 4.79 Å². The van der Waals surface area contributed by atoms with E-state index in [1.54, 1.807) is 4.90 Å². The van der Waals surface area contributed by atoms with Crippen LogP contribution in [0.1, 0.15) is 48.0 Å². The van der Waals surface area contributed by atoms with Gasteiger partial charge in [-0.1, -0.05) is 54.6 Å². The van der Waals surface area contributed by atoms with Gasteiger partial charge in [0.1, 0.15) is 6.67 Å². The van der Waals surface area contributed by atoms with Gasteiger partial charge in [0.2, 0.25) is 5.91 Å². The van der Waals surface area contributed by atoms with Gasteiger partial charge in [0.25, 0.3) is 0 Å². The van der Waals surface area contributed by atoms with E-state index < -0.39 is 12.7 Å². The maximum atomic E-state index is 13.8. The molecular formula is C25H28FN3O2. The second kappa shape index (κ2) is 8.33. The fraction of sp³-hybridized carbons (Fsp3) is 0.440. The Labute approximate surface area is 182 Å². The summed E-state index contributed by atoms with van der Waals surface area (Å²) >= 11 is 0. The van der Waals surface area contributed by atoms with Gasteiger partial charge in [0.05, 0.1) is 18.0 Å². The number of piperidine rings is 2. The smallest absolute Gasteiger partial charge is 0.318 e. The van der Waals surface area contributed by atoms with Gasteiger partial charge in [-0.05, 0) is 42.4 Å². The number of benzene rings is 2. The molecule has 4 atom stereocenters. The molecule has 0 radical (unpaired) electrons. The first-order valence-corrected chi connectivity index (χ1v) is 11.2. The Bertz CT molecular complexity index is 966. The lowest BCUT2D eigenvalue weighted by atomic mass is 9.76. The van der Waals surface area contributed by atoms with E-state index in [4.69, 9.17) is 0 Å². The Morgan fingerprint density at radius 3 is 2.68 bits per heavy atom. The van der Waals surface area contributed by atoms with Crippen LogP contribution in [0.5, 0.6) is 0 Å². The Balaban J connectivity index is 1.39. The summed E-state index contributed by atoms with van der Waals surface area (Å²) in [5, 5.41) is 2.88. The van der Waals surface area contributed by atoms with Gasteiger partial charge in [0.15, 0.2) is 0 Å². The van der Waals surface area contributed by atoms with E-state index in [2.05, 4.69) is 17.4 Å². The van der Waals surface area contributed by atoms with Crippen molar-refractivity contribution in [3.8, 4) is 0 Å². The van der Waals surface area contributed by atoms with Crippen molar-refractivity contribution in [3.05, 3.63) is 71.3 Å². The summed E-state index contributed by atoms with van der Waals surface area (Å²) in [6.07, 6.45) is 3.23. The molecule has 0 aromatic heterocycles. The van der Waals surface area contributed by atoms with E-state index in [1.807, 2.05) is 47.4 Å². The number of rotatable bonds is 3. The van der Waals surface area contributed by atoms with Crippen molar-refractivity contribution in [2.24, 2.45) is 5.92 Å². The molecule has 0 spiro atoms. The van der Waals surface area contributed by atoms with E-state index >= 15 is 0 Å². The van der Waals surface area contributed by atoms with Crippen LogP contribution < -0.4 is 5.32 Å². The molecule has 0 aliphatic carbocycles. The highest BCUT2D eigenvalue weighted by Gasteiger charge is 2.48. The molecule has 6 heteroatoms. The molecule has 1 N–H and O–H groups in total. The van der Waals surface area contributed by atoms with Crippen molar-refractivity contribution in [2.75, 3.05) is 19.8 Å². The minimum atomic E-state index is -0.680. The number of urea groups is 1. The number of halogens is 1. The Morgan fingerprint density at radius 1 is 1.10 bits per heavy atom. The Hall–Kier alpha value is -2.89. The largest absolute Gasteiger partial charge is 0.335 e. The third-order valence-corrected chi connectivity index (χ3v) is 7.17. The molecule has 2 saturated heterocycles. The summed E-state index contributed by atoms with van der Waals surface area (Å²) in [5.74, 6) is -0.0000759. The predicted octanol–water partition coefficient (Wildman–Crippen LogP) is 4.02. The van der Waals surface area contributed by atoms with Crippen LogP contribution in [0.4, 0.5) is 9.18 Å². The van der Waals surface area contributed by atoms with Crippen LogP contribution >= 0.6 is 0 Å². The highest BCUT2D eigenvalue weighted by Crippen LogP contribution is 2.43. The zero-order valence-corrected chi connectivity index (χ0v) is 17.5. The first-order valence-electron chi connectivity index (χ1n) is 11.2. The summed E-state index contributed by atoms with van der Waals surface area (Å²) in [7, 11) is 0. The van der Waals surface area contributed by atoms with E-state index in [9.17, 15) is 14.0 Å². The van der Waals surface area contributed by atoms with Crippen molar-refractivity contribution >= 4 is 11.9 Å². The number of nitrogens with zero attached hydrogens (tertiary/aromatic N) is 2. The molecule has 5 rings (SSSR count). The number of alkyl halides is 1. The lowest BCUT2D eigenvalue weighted by Crippen LogP contribution is -2.61. The van der Waals surface area contributed by atoms with Crippen LogP contribution in [0.25, 0.3) is 0 Å². The molecule has 3 amide bonds. The lowest BCUT2D eigenvalue weighted by molar-refractivity contribution is -0.148. The topological polar surface area (TPSA) is 52.7 Å².